The number of hydrogen-bond donors (Lipinski definition) is 1. The van der Waals surface area contributed by atoms with E-state index in [0.717, 1.165) is 11.3 Å². The molecule has 7 heteroatoms. The molecule has 0 radical (unpaired) electrons. The summed E-state index contributed by atoms with van der Waals surface area (Å²) in [7, 11) is 1.46. The number of amides is 2. The van der Waals surface area contributed by atoms with Gasteiger partial charge in [0.1, 0.15) is 5.75 Å². The number of carbonyl (C=O) groups excluding carboxylic acids is 1. The summed E-state index contributed by atoms with van der Waals surface area (Å²) in [5.41, 5.74) is 0.125. The van der Waals surface area contributed by atoms with Crippen molar-refractivity contribution in [2.75, 3.05) is 13.7 Å². The third-order valence-corrected chi connectivity index (χ3v) is 2.94. The van der Waals surface area contributed by atoms with Gasteiger partial charge in [-0.25, -0.2) is 9.69 Å². The molecular formula is C13H17Cl2NO4. The Morgan fingerprint density at radius 2 is 2.05 bits per heavy atom. The van der Waals surface area contributed by atoms with E-state index in [1.807, 2.05) is 6.92 Å². The molecule has 5 nitrogen and oxygen atoms in total. The van der Waals surface area contributed by atoms with Crippen LogP contribution in [0.15, 0.2) is 18.2 Å². The molecule has 0 aliphatic carbocycles. The smallest absolute Gasteiger partial charge is 0.414 e. The highest BCUT2D eigenvalue weighted by Gasteiger charge is 2.23. The molecule has 1 rings (SSSR count). The minimum atomic E-state index is -1.28. The third-order valence-electron chi connectivity index (χ3n) is 2.62. The average molecular weight is 322 g/mol. The van der Waals surface area contributed by atoms with E-state index in [1.54, 1.807) is 6.07 Å². The number of benzene rings is 1. The monoisotopic (exact) mass is 321 g/mol. The van der Waals surface area contributed by atoms with Crippen LogP contribution in [0.1, 0.15) is 30.1 Å². The largest absolute Gasteiger partial charge is 0.497 e. The van der Waals surface area contributed by atoms with Crippen LogP contribution in [0.25, 0.3) is 0 Å². The van der Waals surface area contributed by atoms with Gasteiger partial charge in [0.15, 0.2) is 0 Å². The number of imide groups is 1. The summed E-state index contributed by atoms with van der Waals surface area (Å²) >= 11 is 5.93. The van der Waals surface area contributed by atoms with Crippen molar-refractivity contribution < 1.29 is 19.4 Å². The van der Waals surface area contributed by atoms with Gasteiger partial charge < -0.3 is 9.84 Å². The van der Waals surface area contributed by atoms with E-state index in [2.05, 4.69) is 0 Å². The summed E-state index contributed by atoms with van der Waals surface area (Å²) in [4.78, 5) is 24.1. The molecule has 0 aliphatic heterocycles. The predicted octanol–water partition coefficient (Wildman–Crippen LogP) is 3.69. The van der Waals surface area contributed by atoms with E-state index in [1.165, 1.54) is 19.2 Å². The minimum Gasteiger partial charge on any atom is -0.497 e. The number of ether oxygens (including phenoxy) is 1. The van der Waals surface area contributed by atoms with Crippen LogP contribution < -0.4 is 4.74 Å². The Kier molecular flexibility index (Phi) is 8.03. The van der Waals surface area contributed by atoms with Gasteiger partial charge in [-0.15, -0.1) is 12.4 Å². The van der Waals surface area contributed by atoms with Crippen LogP contribution in [-0.2, 0) is 0 Å². The Hall–Kier alpha value is -1.46. The predicted molar refractivity (Wildman–Crippen MR) is 79.2 cm³/mol. The lowest BCUT2D eigenvalue weighted by Crippen LogP contribution is -2.36. The number of nitrogens with zero attached hydrogens (tertiary/aromatic N) is 1. The fraction of sp³-hybridized carbons (Fsp3) is 0.385. The molecule has 1 N–H and O–H groups in total. The second-order valence-electron chi connectivity index (χ2n) is 3.94. The molecule has 0 saturated heterocycles. The van der Waals surface area contributed by atoms with E-state index in [0.29, 0.717) is 12.2 Å². The van der Waals surface area contributed by atoms with Crippen molar-refractivity contribution in [2.45, 2.75) is 19.8 Å². The lowest BCUT2D eigenvalue weighted by atomic mass is 10.1. The molecule has 0 fully saturated rings. The van der Waals surface area contributed by atoms with Crippen LogP contribution in [0.5, 0.6) is 5.75 Å². The Morgan fingerprint density at radius 1 is 1.40 bits per heavy atom. The fourth-order valence-corrected chi connectivity index (χ4v) is 1.74. The van der Waals surface area contributed by atoms with E-state index in [9.17, 15) is 9.59 Å². The van der Waals surface area contributed by atoms with E-state index >= 15 is 0 Å². The van der Waals surface area contributed by atoms with Crippen LogP contribution in [0, 0.1) is 0 Å². The molecule has 20 heavy (non-hydrogen) atoms. The van der Waals surface area contributed by atoms with Gasteiger partial charge in [-0.3, -0.25) is 4.79 Å². The van der Waals surface area contributed by atoms with Gasteiger partial charge in [-0.2, -0.15) is 0 Å². The van der Waals surface area contributed by atoms with Gasteiger partial charge in [0.05, 0.1) is 17.7 Å². The molecule has 0 spiro atoms. The van der Waals surface area contributed by atoms with Crippen LogP contribution in [-0.4, -0.2) is 35.7 Å². The first-order valence-electron chi connectivity index (χ1n) is 5.89. The quantitative estimate of drug-likeness (QED) is 0.898. The zero-order valence-corrected chi connectivity index (χ0v) is 12.8. The van der Waals surface area contributed by atoms with Gasteiger partial charge in [0, 0.05) is 6.54 Å². The number of hydrogen-bond acceptors (Lipinski definition) is 3. The lowest BCUT2D eigenvalue weighted by Gasteiger charge is -2.18. The van der Waals surface area contributed by atoms with Crippen LogP contribution in [0.2, 0.25) is 5.02 Å². The number of rotatable bonds is 5. The Balaban J connectivity index is 0.00000361. The van der Waals surface area contributed by atoms with E-state index in [4.69, 9.17) is 21.4 Å². The Labute approximate surface area is 128 Å². The number of carboxylic acid groups (broad SMARTS) is 1. The van der Waals surface area contributed by atoms with E-state index < -0.39 is 12.0 Å². The number of unbranched alkanes of at least 4 members (excludes halogenated alkanes) is 1. The first kappa shape index (κ1) is 18.5. The highest BCUT2D eigenvalue weighted by atomic mass is 35.5. The summed E-state index contributed by atoms with van der Waals surface area (Å²) in [6.45, 7) is 2.07. The summed E-state index contributed by atoms with van der Waals surface area (Å²) in [5, 5.41) is 9.28. The lowest BCUT2D eigenvalue weighted by molar-refractivity contribution is 0.0739. The molecule has 0 unspecified atom stereocenters. The summed E-state index contributed by atoms with van der Waals surface area (Å²) < 4.78 is 5.00. The molecule has 0 aliphatic rings. The van der Waals surface area contributed by atoms with Crippen molar-refractivity contribution in [3.8, 4) is 5.75 Å². The van der Waals surface area contributed by atoms with Crippen molar-refractivity contribution in [2.24, 2.45) is 0 Å². The van der Waals surface area contributed by atoms with Gasteiger partial charge in [0.2, 0.25) is 0 Å². The molecule has 0 aromatic heterocycles. The molecule has 1 aromatic carbocycles. The van der Waals surface area contributed by atoms with Gasteiger partial charge in [0.25, 0.3) is 5.91 Å². The van der Waals surface area contributed by atoms with Crippen molar-refractivity contribution in [1.29, 1.82) is 0 Å². The van der Waals surface area contributed by atoms with Crippen LogP contribution in [0.3, 0.4) is 0 Å². The maximum atomic E-state index is 12.2. The van der Waals surface area contributed by atoms with Crippen molar-refractivity contribution >= 4 is 36.0 Å². The van der Waals surface area contributed by atoms with Crippen molar-refractivity contribution in [3.05, 3.63) is 28.8 Å². The molecule has 0 bridgehead atoms. The number of methoxy groups -OCH3 is 1. The maximum Gasteiger partial charge on any atom is 0.414 e. The number of carbonyl (C=O) groups is 2. The SMILES string of the molecule is CCCCN(C(=O)O)C(=O)c1cc(OC)ccc1Cl.Cl. The highest BCUT2D eigenvalue weighted by Crippen LogP contribution is 2.23. The molecule has 0 atom stereocenters. The van der Waals surface area contributed by atoms with Gasteiger partial charge in [-0.05, 0) is 24.6 Å². The van der Waals surface area contributed by atoms with Crippen molar-refractivity contribution in [3.63, 3.8) is 0 Å². The number of halogens is 2. The van der Waals surface area contributed by atoms with Crippen LogP contribution in [0.4, 0.5) is 4.79 Å². The zero-order valence-electron chi connectivity index (χ0n) is 11.3. The van der Waals surface area contributed by atoms with Crippen LogP contribution >= 0.6 is 24.0 Å². The standard InChI is InChI=1S/C13H16ClNO4.ClH/c1-3-4-7-15(13(17)18)12(16)10-8-9(19-2)5-6-11(10)14;/h5-6,8H,3-4,7H2,1-2H3,(H,17,18);1H. The Morgan fingerprint density at radius 3 is 2.55 bits per heavy atom. The topological polar surface area (TPSA) is 66.8 Å². The maximum absolute atomic E-state index is 12.2. The summed E-state index contributed by atoms with van der Waals surface area (Å²) in [6.07, 6.45) is 0.125. The first-order valence-corrected chi connectivity index (χ1v) is 6.27. The minimum absolute atomic E-state index is 0. The highest BCUT2D eigenvalue weighted by molar-refractivity contribution is 6.34. The average Bonchev–Trinajstić information content (AvgIpc) is 2.39. The fourth-order valence-electron chi connectivity index (χ4n) is 1.54. The molecule has 0 heterocycles. The van der Waals surface area contributed by atoms with Gasteiger partial charge >= 0.3 is 6.09 Å². The molecule has 0 saturated carbocycles. The second-order valence-corrected chi connectivity index (χ2v) is 4.35. The molecule has 1 aromatic rings. The normalized spacial score (nSPS) is 9.55. The summed E-state index contributed by atoms with van der Waals surface area (Å²) in [6, 6.07) is 4.55. The first-order chi connectivity index (χ1) is 9.01. The second kappa shape index (κ2) is 8.66. The zero-order chi connectivity index (χ0) is 14.4. The Bertz CT molecular complexity index is 479. The third kappa shape index (κ3) is 4.58. The molecular weight excluding hydrogens is 305 g/mol. The van der Waals surface area contributed by atoms with Crippen molar-refractivity contribution in [1.82, 2.24) is 4.90 Å². The van der Waals surface area contributed by atoms with Gasteiger partial charge in [-0.1, -0.05) is 24.9 Å². The summed E-state index contributed by atoms with van der Waals surface area (Å²) in [5.74, 6) is -0.182. The molecule has 112 valence electrons. The molecule has 2 amide bonds. The van der Waals surface area contributed by atoms with E-state index in [-0.39, 0.29) is 29.5 Å².